The average Bonchev–Trinajstić information content (AvgIpc) is 3.19. The zero-order valence-electron chi connectivity index (χ0n) is 20.0. The van der Waals surface area contributed by atoms with Crippen molar-refractivity contribution in [3.63, 3.8) is 0 Å². The summed E-state index contributed by atoms with van der Waals surface area (Å²) in [5.41, 5.74) is -0.0559. The van der Waals surface area contributed by atoms with Crippen LogP contribution in [0.4, 0.5) is 18.9 Å². The van der Waals surface area contributed by atoms with Crippen LogP contribution in [-0.2, 0) is 17.0 Å². The zero-order valence-corrected chi connectivity index (χ0v) is 20.8. The molecule has 4 heterocycles. The predicted octanol–water partition coefficient (Wildman–Crippen LogP) is 7.26. The molecule has 0 saturated carbocycles. The third-order valence-electron chi connectivity index (χ3n) is 7.70. The van der Waals surface area contributed by atoms with Crippen molar-refractivity contribution in [1.29, 1.82) is 0 Å². The Bertz CT molecular complexity index is 1540. The Morgan fingerprint density at radius 1 is 1.06 bits per heavy atom. The molecule has 2 aliphatic heterocycles. The number of thiazole rings is 1. The van der Waals surface area contributed by atoms with E-state index in [0.717, 1.165) is 48.5 Å². The van der Waals surface area contributed by atoms with Crippen LogP contribution in [0, 0.1) is 0 Å². The van der Waals surface area contributed by atoms with Crippen molar-refractivity contribution < 1.29 is 17.6 Å². The van der Waals surface area contributed by atoms with Gasteiger partial charge in [-0.25, -0.2) is 9.78 Å². The lowest BCUT2D eigenvalue weighted by molar-refractivity contribution is -0.136. The third-order valence-corrected chi connectivity index (χ3v) is 8.75. The van der Waals surface area contributed by atoms with E-state index in [1.807, 2.05) is 13.8 Å². The van der Waals surface area contributed by atoms with Crippen LogP contribution in [-0.4, -0.2) is 18.1 Å². The maximum Gasteiger partial charge on any atom is 0.418 e. The fourth-order valence-corrected chi connectivity index (χ4v) is 6.70. The molecule has 0 aliphatic carbocycles. The first kappa shape index (κ1) is 22.6. The molecule has 0 spiro atoms. The molecule has 4 nitrogen and oxygen atoms in total. The Labute approximate surface area is 204 Å². The summed E-state index contributed by atoms with van der Waals surface area (Å²) in [4.78, 5) is 20.0. The number of para-hydroxylation sites is 1. The SMILES string of the molecule is CC1(C)CCN2CCC(C)(C)c3c2c1cc1c(C(F)(F)F)c(-c2nc4ccccc4s2)c(=O)oc31. The summed E-state index contributed by atoms with van der Waals surface area (Å²) in [7, 11) is 0. The van der Waals surface area contributed by atoms with Crippen LogP contribution in [0.2, 0.25) is 0 Å². The van der Waals surface area contributed by atoms with Crippen molar-refractivity contribution in [2.24, 2.45) is 0 Å². The number of hydrogen-bond donors (Lipinski definition) is 0. The largest absolute Gasteiger partial charge is 0.422 e. The van der Waals surface area contributed by atoms with Crippen molar-refractivity contribution in [3.8, 4) is 10.6 Å². The first-order valence-corrected chi connectivity index (χ1v) is 12.6. The molecule has 0 radical (unpaired) electrons. The summed E-state index contributed by atoms with van der Waals surface area (Å²) in [6.07, 6.45) is -3.16. The summed E-state index contributed by atoms with van der Waals surface area (Å²) in [5, 5.41) is -0.0225. The van der Waals surface area contributed by atoms with E-state index in [2.05, 4.69) is 23.7 Å². The monoisotopic (exact) mass is 498 g/mol. The molecule has 6 rings (SSSR count). The first-order valence-electron chi connectivity index (χ1n) is 11.8. The molecule has 182 valence electrons. The highest BCUT2D eigenvalue weighted by molar-refractivity contribution is 7.21. The maximum atomic E-state index is 14.8. The van der Waals surface area contributed by atoms with Gasteiger partial charge in [-0.3, -0.25) is 0 Å². The summed E-state index contributed by atoms with van der Waals surface area (Å²) >= 11 is 1.07. The van der Waals surface area contributed by atoms with Crippen molar-refractivity contribution >= 4 is 38.2 Å². The molecule has 2 aliphatic rings. The topological polar surface area (TPSA) is 46.3 Å². The van der Waals surface area contributed by atoms with Crippen LogP contribution in [0.1, 0.15) is 57.2 Å². The normalized spacial score (nSPS) is 18.8. The number of aromatic nitrogens is 1. The van der Waals surface area contributed by atoms with Gasteiger partial charge in [0, 0.05) is 29.7 Å². The minimum atomic E-state index is -4.76. The van der Waals surface area contributed by atoms with E-state index in [0.29, 0.717) is 15.8 Å². The number of alkyl halides is 3. The molecular formula is C27H25F3N2O2S. The summed E-state index contributed by atoms with van der Waals surface area (Å²) in [6.45, 7) is 9.86. The van der Waals surface area contributed by atoms with E-state index in [1.165, 1.54) is 0 Å². The van der Waals surface area contributed by atoms with Crippen LogP contribution in [0.15, 0.2) is 39.5 Å². The van der Waals surface area contributed by atoms with Crippen molar-refractivity contribution in [3.05, 3.63) is 57.4 Å². The van der Waals surface area contributed by atoms with E-state index >= 15 is 0 Å². The summed E-state index contributed by atoms with van der Waals surface area (Å²) < 4.78 is 51.0. The molecule has 35 heavy (non-hydrogen) atoms. The molecule has 0 N–H and O–H groups in total. The Kier molecular flexibility index (Phi) is 4.58. The fraction of sp³-hybridized carbons (Fsp3) is 0.407. The second kappa shape index (κ2) is 7.09. The van der Waals surface area contributed by atoms with Gasteiger partial charge < -0.3 is 9.32 Å². The molecule has 0 atom stereocenters. The number of hydrogen-bond acceptors (Lipinski definition) is 5. The molecule has 8 heteroatoms. The highest BCUT2D eigenvalue weighted by Gasteiger charge is 2.45. The Morgan fingerprint density at radius 3 is 2.43 bits per heavy atom. The van der Waals surface area contributed by atoms with Gasteiger partial charge in [-0.2, -0.15) is 13.2 Å². The van der Waals surface area contributed by atoms with Gasteiger partial charge in [0.1, 0.15) is 16.2 Å². The minimum absolute atomic E-state index is 0.0284. The van der Waals surface area contributed by atoms with Crippen molar-refractivity contribution in [2.45, 2.75) is 57.5 Å². The van der Waals surface area contributed by atoms with Gasteiger partial charge in [0.25, 0.3) is 0 Å². The Balaban J connectivity index is 1.80. The Hall–Kier alpha value is -2.87. The van der Waals surface area contributed by atoms with Crippen LogP contribution < -0.4 is 10.5 Å². The van der Waals surface area contributed by atoms with Gasteiger partial charge in [0.15, 0.2) is 0 Å². The van der Waals surface area contributed by atoms with Crippen LogP contribution in [0.3, 0.4) is 0 Å². The van der Waals surface area contributed by atoms with Gasteiger partial charge in [-0.05, 0) is 47.4 Å². The molecule has 2 aromatic heterocycles. The van der Waals surface area contributed by atoms with Gasteiger partial charge in [-0.1, -0.05) is 39.8 Å². The van der Waals surface area contributed by atoms with Crippen molar-refractivity contribution in [1.82, 2.24) is 4.98 Å². The lowest BCUT2D eigenvalue weighted by Crippen LogP contribution is -2.45. The molecule has 2 aromatic carbocycles. The quantitative estimate of drug-likeness (QED) is 0.259. The second-order valence-corrected chi connectivity index (χ2v) is 11.9. The maximum absolute atomic E-state index is 14.8. The molecule has 0 fully saturated rings. The minimum Gasteiger partial charge on any atom is -0.422 e. The van der Waals surface area contributed by atoms with Gasteiger partial charge in [-0.15, -0.1) is 11.3 Å². The molecule has 0 bridgehead atoms. The van der Waals surface area contributed by atoms with Crippen molar-refractivity contribution in [2.75, 3.05) is 18.0 Å². The molecule has 0 unspecified atom stereocenters. The number of nitrogens with zero attached hydrogens (tertiary/aromatic N) is 2. The molecule has 0 saturated heterocycles. The number of anilines is 1. The lowest BCUT2D eigenvalue weighted by atomic mass is 9.69. The first-order chi connectivity index (χ1) is 16.4. The smallest absolute Gasteiger partial charge is 0.418 e. The van der Waals surface area contributed by atoms with Crippen LogP contribution >= 0.6 is 11.3 Å². The standard InChI is InChI=1S/C27H25F3N2O2S/c1-25(2)9-11-32-12-10-26(3,4)20-21(32)15(25)13-14-19(27(28,29)30)18(24(33)34-22(14)20)23-31-16-7-5-6-8-17(16)35-23/h5-8,13H,9-12H2,1-4H3. The summed E-state index contributed by atoms with van der Waals surface area (Å²) in [6, 6.07) is 8.71. The van der Waals surface area contributed by atoms with Crippen LogP contribution in [0.25, 0.3) is 31.8 Å². The van der Waals surface area contributed by atoms with Gasteiger partial charge >= 0.3 is 11.8 Å². The highest BCUT2D eigenvalue weighted by Crippen LogP contribution is 2.53. The fourth-order valence-electron chi connectivity index (χ4n) is 5.69. The molecule has 4 aromatic rings. The van der Waals surface area contributed by atoms with E-state index in [4.69, 9.17) is 4.42 Å². The van der Waals surface area contributed by atoms with Crippen LogP contribution in [0.5, 0.6) is 0 Å². The molecule has 0 amide bonds. The van der Waals surface area contributed by atoms with E-state index < -0.39 is 28.3 Å². The third kappa shape index (κ3) is 3.25. The zero-order chi connectivity index (χ0) is 24.9. The van der Waals surface area contributed by atoms with E-state index in [9.17, 15) is 18.0 Å². The van der Waals surface area contributed by atoms with Gasteiger partial charge in [0.2, 0.25) is 0 Å². The number of fused-ring (bicyclic) bond motifs is 3. The van der Waals surface area contributed by atoms with E-state index in [-0.39, 0.29) is 21.4 Å². The lowest BCUT2D eigenvalue weighted by Gasteiger charge is -2.48. The van der Waals surface area contributed by atoms with E-state index in [1.54, 1.807) is 30.3 Å². The number of halogens is 3. The number of rotatable bonds is 1. The molecular weight excluding hydrogens is 473 g/mol. The van der Waals surface area contributed by atoms with Gasteiger partial charge in [0.05, 0.1) is 15.8 Å². The predicted molar refractivity (Wildman–Crippen MR) is 134 cm³/mol. The average molecular weight is 499 g/mol. The summed E-state index contributed by atoms with van der Waals surface area (Å²) in [5.74, 6) is 0. The Morgan fingerprint density at radius 2 is 1.74 bits per heavy atom. The second-order valence-electron chi connectivity index (χ2n) is 10.9. The highest BCUT2D eigenvalue weighted by atomic mass is 32.1. The number of benzene rings is 2.